The molecule has 0 aliphatic rings. The van der Waals surface area contributed by atoms with E-state index in [0.717, 1.165) is 13.0 Å². The Labute approximate surface area is 94.8 Å². The molecule has 0 aromatic heterocycles. The summed E-state index contributed by atoms with van der Waals surface area (Å²) in [5.74, 6) is 0. The van der Waals surface area contributed by atoms with Gasteiger partial charge in [0, 0.05) is 11.1 Å². The Morgan fingerprint density at radius 3 is 2.07 bits per heavy atom. The van der Waals surface area contributed by atoms with Gasteiger partial charge in [0.15, 0.2) is 0 Å². The minimum Gasteiger partial charge on any atom is -0.306 e. The molecule has 0 amide bonds. The molecule has 0 saturated heterocycles. The zero-order valence-electron chi connectivity index (χ0n) is 11.1. The maximum absolute atomic E-state index is 4.47. The fourth-order valence-electron chi connectivity index (χ4n) is 1.18. The molecule has 15 heavy (non-hydrogen) atoms. The highest BCUT2D eigenvalue weighted by molar-refractivity contribution is 5.89. The second kappa shape index (κ2) is 5.34. The summed E-state index contributed by atoms with van der Waals surface area (Å²) in [6, 6.07) is 0. The summed E-state index contributed by atoms with van der Waals surface area (Å²) < 4.78 is 0. The minimum atomic E-state index is 0.126. The summed E-state index contributed by atoms with van der Waals surface area (Å²) in [7, 11) is 0. The average Bonchev–Trinajstić information content (AvgIpc) is 1.99. The molecule has 0 fully saturated rings. The van der Waals surface area contributed by atoms with E-state index < -0.39 is 0 Å². The van der Waals surface area contributed by atoms with Gasteiger partial charge in [-0.25, -0.2) is 0 Å². The van der Waals surface area contributed by atoms with Crippen LogP contribution >= 0.6 is 0 Å². The van der Waals surface area contributed by atoms with E-state index in [4.69, 9.17) is 0 Å². The third kappa shape index (κ3) is 7.18. The first-order valence-electron chi connectivity index (χ1n) is 5.57. The Balaban J connectivity index is 4.60. The SMILES string of the molecule is C=CCN/N=C(\CC(C)(C)C)C(C)(C)C. The lowest BCUT2D eigenvalue weighted by molar-refractivity contribution is 0.411. The monoisotopic (exact) mass is 210 g/mol. The Morgan fingerprint density at radius 2 is 1.73 bits per heavy atom. The van der Waals surface area contributed by atoms with Crippen LogP contribution in [-0.2, 0) is 0 Å². The lowest BCUT2D eigenvalue weighted by atomic mass is 9.79. The highest BCUT2D eigenvalue weighted by Gasteiger charge is 2.24. The van der Waals surface area contributed by atoms with E-state index in [2.05, 4.69) is 58.6 Å². The van der Waals surface area contributed by atoms with Crippen LogP contribution in [0.4, 0.5) is 0 Å². The van der Waals surface area contributed by atoms with Gasteiger partial charge in [0.25, 0.3) is 0 Å². The average molecular weight is 210 g/mol. The van der Waals surface area contributed by atoms with Crippen LogP contribution in [0.1, 0.15) is 48.0 Å². The summed E-state index contributed by atoms with van der Waals surface area (Å²) in [5, 5.41) is 4.47. The van der Waals surface area contributed by atoms with Crippen molar-refractivity contribution in [2.45, 2.75) is 48.0 Å². The minimum absolute atomic E-state index is 0.126. The van der Waals surface area contributed by atoms with Crippen LogP contribution in [0.3, 0.4) is 0 Å². The molecule has 0 saturated carbocycles. The largest absolute Gasteiger partial charge is 0.306 e. The topological polar surface area (TPSA) is 24.4 Å². The lowest BCUT2D eigenvalue weighted by Gasteiger charge is -2.27. The first-order chi connectivity index (χ1) is 6.67. The first-order valence-corrected chi connectivity index (χ1v) is 5.57. The third-order valence-corrected chi connectivity index (χ3v) is 2.01. The van der Waals surface area contributed by atoms with Crippen LogP contribution in [0.5, 0.6) is 0 Å². The van der Waals surface area contributed by atoms with E-state index in [-0.39, 0.29) is 10.8 Å². The van der Waals surface area contributed by atoms with Crippen molar-refractivity contribution in [3.63, 3.8) is 0 Å². The van der Waals surface area contributed by atoms with Gasteiger partial charge in [0.1, 0.15) is 0 Å². The fourth-order valence-corrected chi connectivity index (χ4v) is 1.18. The first kappa shape index (κ1) is 14.2. The molecular formula is C13H26N2. The van der Waals surface area contributed by atoms with E-state index in [1.807, 2.05) is 6.08 Å². The zero-order chi connectivity index (χ0) is 12.1. The predicted molar refractivity (Wildman–Crippen MR) is 69.2 cm³/mol. The van der Waals surface area contributed by atoms with Crippen molar-refractivity contribution < 1.29 is 0 Å². The fraction of sp³-hybridized carbons (Fsp3) is 0.769. The van der Waals surface area contributed by atoms with Crippen LogP contribution in [0, 0.1) is 10.8 Å². The normalized spacial score (nSPS) is 13.9. The van der Waals surface area contributed by atoms with Gasteiger partial charge < -0.3 is 5.43 Å². The standard InChI is InChI=1S/C13H26N2/c1-8-9-14-15-11(13(5,6)7)10-12(2,3)4/h8,14H,1,9-10H2,2-7H3/b15-11+. The van der Waals surface area contributed by atoms with Crippen LogP contribution in [0.15, 0.2) is 17.8 Å². The Morgan fingerprint density at radius 1 is 1.20 bits per heavy atom. The molecular weight excluding hydrogens is 184 g/mol. The van der Waals surface area contributed by atoms with Crippen LogP contribution in [-0.4, -0.2) is 12.3 Å². The van der Waals surface area contributed by atoms with E-state index >= 15 is 0 Å². The molecule has 1 N–H and O–H groups in total. The Hall–Kier alpha value is -0.790. The van der Waals surface area contributed by atoms with Gasteiger partial charge >= 0.3 is 0 Å². The van der Waals surface area contributed by atoms with Crippen molar-refractivity contribution in [1.82, 2.24) is 5.43 Å². The highest BCUT2D eigenvalue weighted by Crippen LogP contribution is 2.27. The molecule has 2 heteroatoms. The number of nitrogens with one attached hydrogen (secondary N) is 1. The Kier molecular flexibility index (Phi) is 5.06. The van der Waals surface area contributed by atoms with E-state index in [0.29, 0.717) is 0 Å². The van der Waals surface area contributed by atoms with Crippen LogP contribution in [0.25, 0.3) is 0 Å². The summed E-state index contributed by atoms with van der Waals surface area (Å²) in [6.07, 6.45) is 2.83. The van der Waals surface area contributed by atoms with E-state index in [9.17, 15) is 0 Å². The quantitative estimate of drug-likeness (QED) is 0.326. The maximum atomic E-state index is 4.47. The van der Waals surface area contributed by atoms with Crippen molar-refractivity contribution >= 4 is 5.71 Å². The third-order valence-electron chi connectivity index (χ3n) is 2.01. The molecule has 0 aromatic rings. The molecule has 0 atom stereocenters. The molecule has 2 nitrogen and oxygen atoms in total. The number of hydrazone groups is 1. The van der Waals surface area contributed by atoms with E-state index in [1.54, 1.807) is 0 Å². The molecule has 88 valence electrons. The predicted octanol–water partition coefficient (Wildman–Crippen LogP) is 3.60. The van der Waals surface area contributed by atoms with E-state index in [1.165, 1.54) is 5.71 Å². The molecule has 0 unspecified atom stereocenters. The molecule has 0 aliphatic heterocycles. The smallest absolute Gasteiger partial charge is 0.0507 e. The van der Waals surface area contributed by atoms with Crippen molar-refractivity contribution in [3.8, 4) is 0 Å². The van der Waals surface area contributed by atoms with Crippen molar-refractivity contribution in [2.75, 3.05) is 6.54 Å². The summed E-state index contributed by atoms with van der Waals surface area (Å²) in [5.41, 5.74) is 4.66. The van der Waals surface area contributed by atoms with Crippen molar-refractivity contribution in [3.05, 3.63) is 12.7 Å². The molecule has 0 aliphatic carbocycles. The second-order valence-corrected chi connectivity index (χ2v) is 6.20. The van der Waals surface area contributed by atoms with Gasteiger partial charge in [-0.3, -0.25) is 0 Å². The van der Waals surface area contributed by atoms with Crippen LogP contribution in [0.2, 0.25) is 0 Å². The Bertz CT molecular complexity index is 226. The van der Waals surface area contributed by atoms with Crippen molar-refractivity contribution in [2.24, 2.45) is 15.9 Å². The number of hydrogen-bond donors (Lipinski definition) is 1. The van der Waals surface area contributed by atoms with Gasteiger partial charge in [0.05, 0.1) is 6.54 Å². The summed E-state index contributed by atoms with van der Waals surface area (Å²) >= 11 is 0. The lowest BCUT2D eigenvalue weighted by Crippen LogP contribution is -2.28. The van der Waals surface area contributed by atoms with Gasteiger partial charge in [-0.2, -0.15) is 5.10 Å². The summed E-state index contributed by atoms with van der Waals surface area (Å²) in [4.78, 5) is 0. The zero-order valence-corrected chi connectivity index (χ0v) is 11.1. The van der Waals surface area contributed by atoms with Gasteiger partial charge in [-0.05, 0) is 11.8 Å². The van der Waals surface area contributed by atoms with Gasteiger partial charge in [-0.1, -0.05) is 47.6 Å². The van der Waals surface area contributed by atoms with Gasteiger partial charge in [-0.15, -0.1) is 6.58 Å². The summed E-state index contributed by atoms with van der Waals surface area (Å²) in [6.45, 7) is 17.7. The highest BCUT2D eigenvalue weighted by atomic mass is 15.3. The second-order valence-electron chi connectivity index (χ2n) is 6.20. The van der Waals surface area contributed by atoms with Crippen LogP contribution < -0.4 is 5.43 Å². The molecule has 0 bridgehead atoms. The number of rotatable bonds is 4. The molecule has 0 heterocycles. The molecule has 0 aromatic carbocycles. The van der Waals surface area contributed by atoms with Gasteiger partial charge in [0.2, 0.25) is 0 Å². The van der Waals surface area contributed by atoms with Crippen molar-refractivity contribution in [1.29, 1.82) is 0 Å². The molecule has 0 spiro atoms. The number of hydrogen-bond acceptors (Lipinski definition) is 2. The number of nitrogens with zero attached hydrogens (tertiary/aromatic N) is 1. The molecule has 0 rings (SSSR count). The molecule has 0 radical (unpaired) electrons. The maximum Gasteiger partial charge on any atom is 0.0507 e.